The minimum atomic E-state index is -0.858. The van der Waals surface area contributed by atoms with Gasteiger partial charge in [0, 0.05) is 45.6 Å². The first-order valence-electron chi connectivity index (χ1n) is 8.66. The predicted octanol–water partition coefficient (Wildman–Crippen LogP) is 1.53. The van der Waals surface area contributed by atoms with E-state index < -0.39 is 11.5 Å². The van der Waals surface area contributed by atoms with Gasteiger partial charge in [-0.1, -0.05) is 29.8 Å². The van der Waals surface area contributed by atoms with E-state index in [-0.39, 0.29) is 18.2 Å². The first kappa shape index (κ1) is 17.4. The molecule has 6 heteroatoms. The summed E-state index contributed by atoms with van der Waals surface area (Å²) in [5, 5.41) is 12.3. The Morgan fingerprint density at radius 1 is 1.36 bits per heavy atom. The van der Waals surface area contributed by atoms with Crippen molar-refractivity contribution in [2.45, 2.75) is 38.3 Å². The second-order valence-corrected chi connectivity index (χ2v) is 6.96. The second-order valence-electron chi connectivity index (χ2n) is 6.96. The van der Waals surface area contributed by atoms with Crippen LogP contribution in [-0.4, -0.2) is 42.0 Å². The van der Waals surface area contributed by atoms with Crippen LogP contribution in [0, 0.1) is 24.2 Å². The maximum atomic E-state index is 12.6. The van der Waals surface area contributed by atoms with Crippen molar-refractivity contribution in [3.05, 3.63) is 35.4 Å². The topological polar surface area (TPSA) is 82.4 Å². The number of rotatable bonds is 4. The van der Waals surface area contributed by atoms with E-state index in [1.165, 1.54) is 5.56 Å². The number of aryl methyl sites for hydroxylation is 1. The van der Waals surface area contributed by atoms with Crippen LogP contribution in [0.1, 0.15) is 30.4 Å². The molecular formula is C19H23N3O3. The lowest BCUT2D eigenvalue weighted by molar-refractivity contribution is -0.130. The molecule has 1 aromatic rings. The van der Waals surface area contributed by atoms with Crippen molar-refractivity contribution in [3.8, 4) is 6.07 Å². The molecule has 2 aliphatic heterocycles. The highest BCUT2D eigenvalue weighted by molar-refractivity contribution is 5.89. The molecule has 2 amide bonds. The standard InChI is InChI=1S/C19H23N3O3/c1-14-2-4-15(5-3-14)11-22-12-16(10-17(22)23)18(24)21-19(13-20)6-8-25-9-7-19/h2-5,16H,6-12H2,1H3,(H,21,24)/t16-/m1/s1. The highest BCUT2D eigenvalue weighted by atomic mass is 16.5. The lowest BCUT2D eigenvalue weighted by Gasteiger charge is -2.32. The molecule has 25 heavy (non-hydrogen) atoms. The molecule has 2 fully saturated rings. The van der Waals surface area contributed by atoms with Gasteiger partial charge in [0.1, 0.15) is 5.54 Å². The van der Waals surface area contributed by atoms with E-state index in [2.05, 4.69) is 11.4 Å². The van der Waals surface area contributed by atoms with Gasteiger partial charge in [0.2, 0.25) is 11.8 Å². The van der Waals surface area contributed by atoms with E-state index in [0.29, 0.717) is 39.1 Å². The van der Waals surface area contributed by atoms with Crippen molar-refractivity contribution in [2.75, 3.05) is 19.8 Å². The zero-order valence-electron chi connectivity index (χ0n) is 14.5. The lowest BCUT2D eigenvalue weighted by Crippen LogP contribution is -2.52. The Morgan fingerprint density at radius 3 is 2.68 bits per heavy atom. The number of hydrogen-bond donors (Lipinski definition) is 1. The quantitative estimate of drug-likeness (QED) is 0.900. The van der Waals surface area contributed by atoms with E-state index in [9.17, 15) is 14.9 Å². The van der Waals surface area contributed by atoms with E-state index >= 15 is 0 Å². The van der Waals surface area contributed by atoms with Gasteiger partial charge in [-0.05, 0) is 12.5 Å². The number of carbonyl (C=O) groups excluding carboxylic acids is 2. The first-order valence-corrected chi connectivity index (χ1v) is 8.66. The van der Waals surface area contributed by atoms with E-state index in [4.69, 9.17) is 4.74 Å². The molecule has 2 saturated heterocycles. The number of nitrogens with one attached hydrogen (secondary N) is 1. The van der Waals surface area contributed by atoms with Gasteiger partial charge in [0.15, 0.2) is 0 Å². The van der Waals surface area contributed by atoms with E-state index in [1.54, 1.807) is 4.90 Å². The monoisotopic (exact) mass is 341 g/mol. The molecule has 2 aliphatic rings. The fourth-order valence-corrected chi connectivity index (χ4v) is 3.34. The van der Waals surface area contributed by atoms with Crippen LogP contribution in [0.3, 0.4) is 0 Å². The number of ether oxygens (including phenoxy) is 1. The number of benzene rings is 1. The molecule has 2 heterocycles. The summed E-state index contributed by atoms with van der Waals surface area (Å²) in [6.07, 6.45) is 1.18. The van der Waals surface area contributed by atoms with Crippen LogP contribution in [0.5, 0.6) is 0 Å². The second kappa shape index (κ2) is 7.24. The summed E-state index contributed by atoms with van der Waals surface area (Å²) in [4.78, 5) is 26.6. The van der Waals surface area contributed by atoms with Crippen LogP contribution in [0.25, 0.3) is 0 Å². The van der Waals surface area contributed by atoms with Crippen molar-refractivity contribution >= 4 is 11.8 Å². The molecule has 132 valence electrons. The molecule has 0 bridgehead atoms. The van der Waals surface area contributed by atoms with Crippen LogP contribution in [0.4, 0.5) is 0 Å². The molecule has 1 atom stereocenters. The van der Waals surface area contributed by atoms with Crippen LogP contribution in [-0.2, 0) is 20.9 Å². The molecule has 0 aromatic heterocycles. The Kier molecular flexibility index (Phi) is 5.05. The highest BCUT2D eigenvalue weighted by Crippen LogP contribution is 2.24. The van der Waals surface area contributed by atoms with Gasteiger partial charge < -0.3 is 15.0 Å². The number of nitriles is 1. The molecule has 1 N–H and O–H groups in total. The Hall–Kier alpha value is -2.39. The van der Waals surface area contributed by atoms with Crippen LogP contribution in [0.2, 0.25) is 0 Å². The normalized spacial score (nSPS) is 22.5. The van der Waals surface area contributed by atoms with E-state index in [0.717, 1.165) is 5.56 Å². The number of amides is 2. The van der Waals surface area contributed by atoms with E-state index in [1.807, 2.05) is 31.2 Å². The van der Waals surface area contributed by atoms with Crippen molar-refractivity contribution in [3.63, 3.8) is 0 Å². The maximum absolute atomic E-state index is 12.6. The van der Waals surface area contributed by atoms with Gasteiger partial charge in [0.25, 0.3) is 0 Å². The predicted molar refractivity (Wildman–Crippen MR) is 91.2 cm³/mol. The minimum Gasteiger partial charge on any atom is -0.381 e. The van der Waals surface area contributed by atoms with Crippen molar-refractivity contribution < 1.29 is 14.3 Å². The zero-order chi connectivity index (χ0) is 17.9. The Morgan fingerprint density at radius 2 is 2.04 bits per heavy atom. The molecule has 1 aromatic carbocycles. The molecular weight excluding hydrogens is 318 g/mol. The number of nitrogens with zero attached hydrogens (tertiary/aromatic N) is 2. The zero-order valence-corrected chi connectivity index (χ0v) is 14.5. The average Bonchev–Trinajstić information content (AvgIpc) is 2.98. The fourth-order valence-electron chi connectivity index (χ4n) is 3.34. The maximum Gasteiger partial charge on any atom is 0.226 e. The summed E-state index contributed by atoms with van der Waals surface area (Å²) in [5.41, 5.74) is 1.37. The van der Waals surface area contributed by atoms with Gasteiger partial charge >= 0.3 is 0 Å². The third-order valence-electron chi connectivity index (χ3n) is 5.00. The SMILES string of the molecule is Cc1ccc(CN2C[C@H](C(=O)NC3(C#N)CCOCC3)CC2=O)cc1. The summed E-state index contributed by atoms with van der Waals surface area (Å²) >= 11 is 0. The summed E-state index contributed by atoms with van der Waals surface area (Å²) in [5.74, 6) is -0.618. The Labute approximate surface area is 147 Å². The lowest BCUT2D eigenvalue weighted by atomic mass is 9.90. The molecule has 0 radical (unpaired) electrons. The van der Waals surface area contributed by atoms with Crippen molar-refractivity contribution in [1.29, 1.82) is 5.26 Å². The van der Waals surface area contributed by atoms with Gasteiger partial charge in [-0.15, -0.1) is 0 Å². The summed E-state index contributed by atoms with van der Waals surface area (Å²) in [7, 11) is 0. The summed E-state index contributed by atoms with van der Waals surface area (Å²) < 4.78 is 5.28. The van der Waals surface area contributed by atoms with Crippen LogP contribution in [0.15, 0.2) is 24.3 Å². The Balaban J connectivity index is 1.60. The van der Waals surface area contributed by atoms with Crippen LogP contribution < -0.4 is 5.32 Å². The highest BCUT2D eigenvalue weighted by Gasteiger charge is 2.40. The van der Waals surface area contributed by atoms with Crippen LogP contribution >= 0.6 is 0 Å². The molecule has 0 unspecified atom stereocenters. The fraction of sp³-hybridized carbons (Fsp3) is 0.526. The molecule has 6 nitrogen and oxygen atoms in total. The molecule has 0 spiro atoms. The van der Waals surface area contributed by atoms with Gasteiger partial charge in [0.05, 0.1) is 12.0 Å². The average molecular weight is 341 g/mol. The minimum absolute atomic E-state index is 0.0151. The third-order valence-corrected chi connectivity index (χ3v) is 5.00. The number of likely N-dealkylation sites (tertiary alicyclic amines) is 1. The third kappa shape index (κ3) is 3.99. The van der Waals surface area contributed by atoms with Gasteiger partial charge in [-0.25, -0.2) is 0 Å². The van der Waals surface area contributed by atoms with Gasteiger partial charge in [-0.2, -0.15) is 5.26 Å². The molecule has 0 aliphatic carbocycles. The van der Waals surface area contributed by atoms with Crippen molar-refractivity contribution in [2.24, 2.45) is 5.92 Å². The van der Waals surface area contributed by atoms with Gasteiger partial charge in [-0.3, -0.25) is 9.59 Å². The summed E-state index contributed by atoms with van der Waals surface area (Å²) in [6, 6.07) is 10.3. The largest absolute Gasteiger partial charge is 0.381 e. The number of carbonyl (C=O) groups is 2. The summed E-state index contributed by atoms with van der Waals surface area (Å²) in [6.45, 7) is 3.87. The molecule has 3 rings (SSSR count). The Bertz CT molecular complexity index is 687. The number of hydrogen-bond acceptors (Lipinski definition) is 4. The smallest absolute Gasteiger partial charge is 0.226 e. The molecule has 0 saturated carbocycles. The first-order chi connectivity index (χ1) is 12.0. The van der Waals surface area contributed by atoms with Crippen molar-refractivity contribution in [1.82, 2.24) is 10.2 Å².